The van der Waals surface area contributed by atoms with Crippen LogP contribution in [0, 0.1) is 0 Å². The van der Waals surface area contributed by atoms with E-state index >= 15 is 0 Å². The van der Waals surface area contributed by atoms with E-state index < -0.39 is 0 Å². The highest BCUT2D eigenvalue weighted by atomic mass is 127. The van der Waals surface area contributed by atoms with Gasteiger partial charge in [0.1, 0.15) is 12.3 Å². The van der Waals surface area contributed by atoms with Crippen LogP contribution in [0.25, 0.3) is 0 Å². The zero-order chi connectivity index (χ0) is 19.1. The van der Waals surface area contributed by atoms with Crippen molar-refractivity contribution in [2.24, 2.45) is 0 Å². The van der Waals surface area contributed by atoms with Crippen molar-refractivity contribution in [3.05, 3.63) is 59.4 Å². The number of esters is 1. The van der Waals surface area contributed by atoms with Gasteiger partial charge in [-0.3, -0.25) is 0 Å². The second kappa shape index (κ2) is 11.4. The first kappa shape index (κ1) is 23.6. The highest BCUT2D eigenvalue weighted by molar-refractivity contribution is 14.0. The van der Waals surface area contributed by atoms with E-state index in [2.05, 4.69) is 39.2 Å². The minimum Gasteiger partial charge on any atom is -0.422 e. The van der Waals surface area contributed by atoms with Crippen LogP contribution in [0.4, 0.5) is 0 Å². The molecule has 0 aliphatic carbocycles. The normalized spacial score (nSPS) is 10.8. The molecule has 3 nitrogen and oxygen atoms in total. The summed E-state index contributed by atoms with van der Waals surface area (Å²) in [6, 6.07) is 9.84. The van der Waals surface area contributed by atoms with Gasteiger partial charge >= 0.3 is 5.97 Å². The van der Waals surface area contributed by atoms with Crippen molar-refractivity contribution in [2.75, 3.05) is 0 Å². The maximum Gasteiger partial charge on any atom is 0.344 e. The summed E-state index contributed by atoms with van der Waals surface area (Å²) in [5, 5.41) is 0. The third kappa shape index (κ3) is 6.59. The van der Waals surface area contributed by atoms with E-state index in [0.717, 1.165) is 29.8 Å². The van der Waals surface area contributed by atoms with Gasteiger partial charge in [-0.2, -0.15) is 0 Å². The molecule has 0 aliphatic heterocycles. The lowest BCUT2D eigenvalue weighted by Crippen LogP contribution is -2.33. The van der Waals surface area contributed by atoms with Crippen molar-refractivity contribution in [1.29, 1.82) is 0 Å². The van der Waals surface area contributed by atoms with E-state index in [4.69, 9.17) is 4.74 Å². The van der Waals surface area contributed by atoms with Crippen LogP contribution in [0.3, 0.4) is 0 Å². The van der Waals surface area contributed by atoms with Crippen molar-refractivity contribution in [3.8, 4) is 5.75 Å². The fraction of sp³-hybridized carbons (Fsp3) is 0.478. The predicted molar refractivity (Wildman–Crippen MR) is 121 cm³/mol. The molecule has 0 radical (unpaired) electrons. The molecule has 0 fully saturated rings. The first-order valence-corrected chi connectivity index (χ1v) is 9.78. The Labute approximate surface area is 181 Å². The fourth-order valence-electron chi connectivity index (χ4n) is 3.04. The largest absolute Gasteiger partial charge is 0.422 e. The maximum absolute atomic E-state index is 12.7. The Morgan fingerprint density at radius 1 is 0.963 bits per heavy atom. The number of carbonyl (C=O) groups excluding carboxylic acids is 1. The van der Waals surface area contributed by atoms with E-state index in [-0.39, 0.29) is 29.9 Å². The molecule has 27 heavy (non-hydrogen) atoms. The van der Waals surface area contributed by atoms with Gasteiger partial charge in [0.25, 0.3) is 0 Å². The van der Waals surface area contributed by atoms with Gasteiger partial charge in [-0.1, -0.05) is 59.2 Å². The number of carbonyl (C=O) groups is 1. The summed E-state index contributed by atoms with van der Waals surface area (Å²) in [4.78, 5) is 12.7. The van der Waals surface area contributed by atoms with Gasteiger partial charge in [-0.05, 0) is 29.4 Å². The lowest BCUT2D eigenvalue weighted by atomic mass is 9.94. The van der Waals surface area contributed by atoms with Gasteiger partial charge in [0, 0.05) is 18.6 Å². The molecule has 0 spiro atoms. The van der Waals surface area contributed by atoms with Gasteiger partial charge in [0.05, 0.1) is 5.56 Å². The monoisotopic (exact) mass is 482 g/mol. The number of pyridine rings is 1. The summed E-state index contributed by atoms with van der Waals surface area (Å²) in [7, 11) is 0. The van der Waals surface area contributed by atoms with Crippen LogP contribution in [-0.2, 0) is 6.54 Å². The molecule has 2 rings (SSSR count). The second-order valence-corrected chi connectivity index (χ2v) is 7.50. The summed E-state index contributed by atoms with van der Waals surface area (Å²) in [5.74, 6) is 1.03. The van der Waals surface area contributed by atoms with Crippen molar-refractivity contribution >= 4 is 29.9 Å². The summed E-state index contributed by atoms with van der Waals surface area (Å²) in [6.45, 7) is 11.7. The average molecular weight is 482 g/mol. The number of hydrogen-bond acceptors (Lipinski definition) is 2. The molecule has 1 aromatic heterocycles. The minimum atomic E-state index is -0.291. The van der Waals surface area contributed by atoms with Crippen molar-refractivity contribution in [3.63, 3.8) is 0 Å². The Bertz CT molecular complexity index is 697. The molecule has 0 amide bonds. The van der Waals surface area contributed by atoms with E-state index in [1.54, 1.807) is 0 Å². The van der Waals surface area contributed by atoms with Crippen LogP contribution in [0.5, 0.6) is 5.75 Å². The molecule has 148 valence electrons. The minimum absolute atomic E-state index is 0. The van der Waals surface area contributed by atoms with Crippen LogP contribution in [-0.4, -0.2) is 5.97 Å². The molecule has 4 heteroatoms. The SMILES string of the molecule is CCCCC[n+]1ccc(C(=O)Oc2c(C(C)C)cccc2C(C)C)cc1.I. The number of hydrogen-bond donors (Lipinski definition) is 0. The van der Waals surface area contributed by atoms with E-state index in [0.29, 0.717) is 17.4 Å². The Morgan fingerprint density at radius 3 is 2.00 bits per heavy atom. The quantitative estimate of drug-likeness (QED) is 0.146. The molecule has 1 aromatic carbocycles. The maximum atomic E-state index is 12.7. The molecule has 0 unspecified atom stereocenters. The van der Waals surface area contributed by atoms with Crippen LogP contribution < -0.4 is 9.30 Å². The molecular weight excluding hydrogens is 449 g/mol. The summed E-state index contributed by atoms with van der Waals surface area (Å²) < 4.78 is 7.99. The summed E-state index contributed by atoms with van der Waals surface area (Å²) in [6.07, 6.45) is 7.51. The summed E-state index contributed by atoms with van der Waals surface area (Å²) >= 11 is 0. The predicted octanol–water partition coefficient (Wildman–Crippen LogP) is 6.25. The molecular formula is C23H33INO2+. The van der Waals surface area contributed by atoms with Crippen molar-refractivity contribution in [1.82, 2.24) is 0 Å². The number of aromatic nitrogens is 1. The van der Waals surface area contributed by atoms with E-state index in [1.807, 2.05) is 42.7 Å². The number of unbranched alkanes of at least 4 members (excludes halogenated alkanes) is 2. The first-order chi connectivity index (χ1) is 12.4. The summed E-state index contributed by atoms with van der Waals surface area (Å²) in [5.41, 5.74) is 2.75. The van der Waals surface area contributed by atoms with Crippen LogP contribution in [0.15, 0.2) is 42.7 Å². The molecule has 0 saturated heterocycles. The lowest BCUT2D eigenvalue weighted by Gasteiger charge is -2.18. The van der Waals surface area contributed by atoms with Crippen molar-refractivity contribution in [2.45, 2.75) is 72.3 Å². The molecule has 0 aliphatic rings. The third-order valence-corrected chi connectivity index (χ3v) is 4.66. The Balaban J connectivity index is 0.00000364. The number of para-hydroxylation sites is 1. The van der Waals surface area contributed by atoms with Gasteiger partial charge < -0.3 is 4.74 Å². The number of rotatable bonds is 8. The zero-order valence-corrected chi connectivity index (χ0v) is 19.5. The highest BCUT2D eigenvalue weighted by Gasteiger charge is 2.19. The van der Waals surface area contributed by atoms with Gasteiger partial charge in [-0.15, -0.1) is 24.0 Å². The van der Waals surface area contributed by atoms with Gasteiger partial charge in [0.15, 0.2) is 12.4 Å². The standard InChI is InChI=1S/C23H32NO2.HI/c1-6-7-8-14-24-15-12-19(13-16-24)23(25)26-22-20(17(2)3)10-9-11-21(22)18(4)5;/h9-13,15-18H,6-8,14H2,1-5H3;1H/q+1;. The molecule has 2 aromatic rings. The number of benzene rings is 1. The zero-order valence-electron chi connectivity index (χ0n) is 17.2. The van der Waals surface area contributed by atoms with Gasteiger partial charge in [0.2, 0.25) is 0 Å². The van der Waals surface area contributed by atoms with E-state index in [1.165, 1.54) is 12.8 Å². The number of ether oxygens (including phenoxy) is 1. The Morgan fingerprint density at radius 2 is 1.52 bits per heavy atom. The Kier molecular flexibility index (Phi) is 9.99. The fourth-order valence-corrected chi connectivity index (χ4v) is 3.04. The van der Waals surface area contributed by atoms with Crippen LogP contribution in [0.2, 0.25) is 0 Å². The smallest absolute Gasteiger partial charge is 0.344 e. The molecule has 0 bridgehead atoms. The number of halogens is 1. The van der Waals surface area contributed by atoms with Crippen molar-refractivity contribution < 1.29 is 14.1 Å². The molecule has 0 saturated carbocycles. The molecule has 0 atom stereocenters. The first-order valence-electron chi connectivity index (χ1n) is 9.78. The molecule has 1 heterocycles. The average Bonchev–Trinajstić information content (AvgIpc) is 2.62. The Hall–Kier alpha value is -1.43. The topological polar surface area (TPSA) is 30.2 Å². The second-order valence-electron chi connectivity index (χ2n) is 7.50. The number of aryl methyl sites for hydroxylation is 1. The van der Waals surface area contributed by atoms with E-state index in [9.17, 15) is 4.79 Å². The van der Waals surface area contributed by atoms with Crippen LogP contribution >= 0.6 is 24.0 Å². The lowest BCUT2D eigenvalue weighted by molar-refractivity contribution is -0.697. The number of nitrogens with zero attached hydrogens (tertiary/aromatic N) is 1. The molecule has 0 N–H and O–H groups in total. The highest BCUT2D eigenvalue weighted by Crippen LogP contribution is 2.34. The third-order valence-electron chi connectivity index (χ3n) is 4.66. The van der Waals surface area contributed by atoms with Gasteiger partial charge in [-0.25, -0.2) is 9.36 Å². The van der Waals surface area contributed by atoms with Crippen LogP contribution in [0.1, 0.15) is 87.2 Å².